The highest BCUT2D eigenvalue weighted by atomic mass is 16.5. The van der Waals surface area contributed by atoms with Crippen LogP contribution in [0.4, 0.5) is 0 Å². The Hall–Kier alpha value is -1.46. The van der Waals surface area contributed by atoms with Crippen LogP contribution in [0.2, 0.25) is 0 Å². The standard InChI is InChI=1S/C15H21N3O2/c1-20-15(19)11-2-3-13(17-8-11)10-18-7-5-14-12(9-18)4-6-16-14/h2-3,8,12,14,16H,4-7,9-10H2,1H3. The van der Waals surface area contributed by atoms with E-state index in [0.717, 1.165) is 43.8 Å². The number of methoxy groups -OCH3 is 1. The fourth-order valence-corrected chi connectivity index (χ4v) is 3.25. The topological polar surface area (TPSA) is 54.5 Å². The molecule has 2 saturated heterocycles. The predicted molar refractivity (Wildman–Crippen MR) is 75.4 cm³/mol. The lowest BCUT2D eigenvalue weighted by Crippen LogP contribution is -2.44. The third-order valence-corrected chi connectivity index (χ3v) is 4.37. The van der Waals surface area contributed by atoms with Gasteiger partial charge in [-0.15, -0.1) is 0 Å². The van der Waals surface area contributed by atoms with E-state index in [1.165, 1.54) is 20.0 Å². The maximum atomic E-state index is 11.4. The molecule has 2 aliphatic heterocycles. The fourth-order valence-electron chi connectivity index (χ4n) is 3.25. The number of carbonyl (C=O) groups excluding carboxylic acids is 1. The molecule has 2 unspecified atom stereocenters. The van der Waals surface area contributed by atoms with E-state index in [2.05, 4.69) is 19.9 Å². The van der Waals surface area contributed by atoms with Crippen molar-refractivity contribution in [3.05, 3.63) is 29.6 Å². The molecule has 2 atom stereocenters. The summed E-state index contributed by atoms with van der Waals surface area (Å²) < 4.78 is 4.68. The molecule has 0 spiro atoms. The summed E-state index contributed by atoms with van der Waals surface area (Å²) in [7, 11) is 1.38. The number of hydrogen-bond acceptors (Lipinski definition) is 5. The van der Waals surface area contributed by atoms with Crippen molar-refractivity contribution < 1.29 is 9.53 Å². The first kappa shape index (κ1) is 13.5. The summed E-state index contributed by atoms with van der Waals surface area (Å²) in [5, 5.41) is 3.58. The lowest BCUT2D eigenvalue weighted by Gasteiger charge is -2.34. The van der Waals surface area contributed by atoms with Crippen LogP contribution >= 0.6 is 0 Å². The van der Waals surface area contributed by atoms with Crippen molar-refractivity contribution in [1.29, 1.82) is 0 Å². The van der Waals surface area contributed by atoms with E-state index in [-0.39, 0.29) is 5.97 Å². The molecule has 1 N–H and O–H groups in total. The summed E-state index contributed by atoms with van der Waals surface area (Å²) in [4.78, 5) is 18.2. The zero-order chi connectivity index (χ0) is 13.9. The third-order valence-electron chi connectivity index (χ3n) is 4.37. The highest BCUT2D eigenvalue weighted by Crippen LogP contribution is 2.25. The van der Waals surface area contributed by atoms with Gasteiger partial charge in [-0.25, -0.2) is 4.79 Å². The van der Waals surface area contributed by atoms with Crippen molar-refractivity contribution in [1.82, 2.24) is 15.2 Å². The van der Waals surface area contributed by atoms with E-state index >= 15 is 0 Å². The Bertz CT molecular complexity index is 475. The molecule has 2 fully saturated rings. The number of hydrogen-bond donors (Lipinski definition) is 1. The average Bonchev–Trinajstić information content (AvgIpc) is 2.95. The minimum absolute atomic E-state index is 0.332. The monoisotopic (exact) mass is 275 g/mol. The summed E-state index contributed by atoms with van der Waals surface area (Å²) in [6.07, 6.45) is 4.12. The van der Waals surface area contributed by atoms with Gasteiger partial charge in [0.25, 0.3) is 0 Å². The molecule has 0 amide bonds. The molecule has 0 radical (unpaired) electrons. The van der Waals surface area contributed by atoms with Crippen LogP contribution in [-0.2, 0) is 11.3 Å². The van der Waals surface area contributed by atoms with Crippen molar-refractivity contribution in [2.75, 3.05) is 26.7 Å². The maximum Gasteiger partial charge on any atom is 0.339 e. The second kappa shape index (κ2) is 5.89. The van der Waals surface area contributed by atoms with Crippen molar-refractivity contribution in [2.45, 2.75) is 25.4 Å². The molecular formula is C15H21N3O2. The molecule has 0 saturated carbocycles. The molecule has 0 aliphatic carbocycles. The summed E-state index contributed by atoms with van der Waals surface area (Å²) >= 11 is 0. The Morgan fingerprint density at radius 1 is 1.50 bits per heavy atom. The third kappa shape index (κ3) is 2.83. The molecule has 0 bridgehead atoms. The second-order valence-corrected chi connectivity index (χ2v) is 5.66. The average molecular weight is 275 g/mol. The van der Waals surface area contributed by atoms with Gasteiger partial charge in [-0.3, -0.25) is 9.88 Å². The number of piperidine rings is 1. The second-order valence-electron chi connectivity index (χ2n) is 5.66. The van der Waals surface area contributed by atoms with Gasteiger partial charge >= 0.3 is 5.97 Å². The Kier molecular flexibility index (Phi) is 3.98. The van der Waals surface area contributed by atoms with E-state index in [0.29, 0.717) is 5.56 Å². The molecule has 20 heavy (non-hydrogen) atoms. The summed E-state index contributed by atoms with van der Waals surface area (Å²) in [5.41, 5.74) is 1.53. The van der Waals surface area contributed by atoms with Gasteiger partial charge in [-0.1, -0.05) is 0 Å². The fraction of sp³-hybridized carbons (Fsp3) is 0.600. The smallest absolute Gasteiger partial charge is 0.339 e. The van der Waals surface area contributed by atoms with Crippen molar-refractivity contribution in [3.63, 3.8) is 0 Å². The van der Waals surface area contributed by atoms with E-state index in [4.69, 9.17) is 0 Å². The van der Waals surface area contributed by atoms with E-state index < -0.39 is 0 Å². The first-order valence-corrected chi connectivity index (χ1v) is 7.25. The van der Waals surface area contributed by atoms with Crippen molar-refractivity contribution >= 4 is 5.97 Å². The molecule has 3 heterocycles. The molecule has 3 rings (SSSR count). The highest BCUT2D eigenvalue weighted by molar-refractivity contribution is 5.88. The van der Waals surface area contributed by atoms with Crippen LogP contribution in [0.25, 0.3) is 0 Å². The Labute approximate surface area is 119 Å². The molecule has 5 heteroatoms. The van der Waals surface area contributed by atoms with Gasteiger partial charge in [0.2, 0.25) is 0 Å². The van der Waals surface area contributed by atoms with Gasteiger partial charge in [-0.05, 0) is 37.4 Å². The Balaban J connectivity index is 1.59. The van der Waals surface area contributed by atoms with E-state index in [9.17, 15) is 4.79 Å². The molecule has 5 nitrogen and oxygen atoms in total. The number of carbonyl (C=O) groups is 1. The van der Waals surface area contributed by atoms with E-state index in [1.807, 2.05) is 6.07 Å². The largest absolute Gasteiger partial charge is 0.465 e. The highest BCUT2D eigenvalue weighted by Gasteiger charge is 2.32. The first-order chi connectivity index (χ1) is 9.76. The number of ether oxygens (including phenoxy) is 1. The zero-order valence-electron chi connectivity index (χ0n) is 11.8. The number of pyridine rings is 1. The lowest BCUT2D eigenvalue weighted by atomic mass is 9.93. The normalized spacial score (nSPS) is 26.2. The van der Waals surface area contributed by atoms with Crippen molar-refractivity contribution in [3.8, 4) is 0 Å². The molecule has 108 valence electrons. The lowest BCUT2D eigenvalue weighted by molar-refractivity contribution is 0.0600. The van der Waals surface area contributed by atoms with Crippen LogP contribution < -0.4 is 5.32 Å². The van der Waals surface area contributed by atoms with Crippen LogP contribution in [0, 0.1) is 5.92 Å². The van der Waals surface area contributed by atoms with Gasteiger partial charge in [0.1, 0.15) is 0 Å². The first-order valence-electron chi connectivity index (χ1n) is 7.25. The number of esters is 1. The maximum absolute atomic E-state index is 11.4. The Morgan fingerprint density at radius 2 is 2.40 bits per heavy atom. The minimum atomic E-state index is -0.332. The SMILES string of the molecule is COC(=O)c1ccc(CN2CCC3NCCC3C2)nc1. The molecule has 1 aromatic rings. The van der Waals surface area contributed by atoms with Crippen LogP contribution in [0.5, 0.6) is 0 Å². The molecular weight excluding hydrogens is 254 g/mol. The zero-order valence-corrected chi connectivity index (χ0v) is 11.8. The summed E-state index contributed by atoms with van der Waals surface area (Å²) in [6.45, 7) is 4.30. The van der Waals surface area contributed by atoms with Crippen LogP contribution in [0.1, 0.15) is 28.9 Å². The number of likely N-dealkylation sites (tertiary alicyclic amines) is 1. The number of aromatic nitrogens is 1. The van der Waals surface area contributed by atoms with Gasteiger partial charge in [0.05, 0.1) is 18.4 Å². The predicted octanol–water partition coefficient (Wildman–Crippen LogP) is 1.05. The van der Waals surface area contributed by atoms with Gasteiger partial charge in [-0.2, -0.15) is 0 Å². The van der Waals surface area contributed by atoms with Crippen molar-refractivity contribution in [2.24, 2.45) is 5.92 Å². The minimum Gasteiger partial charge on any atom is -0.465 e. The van der Waals surface area contributed by atoms with Crippen LogP contribution in [-0.4, -0.2) is 48.6 Å². The summed E-state index contributed by atoms with van der Waals surface area (Å²) in [6, 6.07) is 4.43. The van der Waals surface area contributed by atoms with E-state index in [1.54, 1.807) is 12.3 Å². The van der Waals surface area contributed by atoms with Gasteiger partial charge in [0, 0.05) is 31.9 Å². The number of fused-ring (bicyclic) bond motifs is 1. The number of nitrogens with zero attached hydrogens (tertiary/aromatic N) is 2. The van der Waals surface area contributed by atoms with Gasteiger partial charge < -0.3 is 10.1 Å². The molecule has 0 aromatic carbocycles. The Morgan fingerprint density at radius 3 is 3.15 bits per heavy atom. The van der Waals surface area contributed by atoms with Gasteiger partial charge in [0.15, 0.2) is 0 Å². The molecule has 2 aliphatic rings. The van der Waals surface area contributed by atoms with Crippen LogP contribution in [0.15, 0.2) is 18.3 Å². The summed E-state index contributed by atoms with van der Waals surface area (Å²) in [5.74, 6) is 0.458. The number of rotatable bonds is 3. The quantitative estimate of drug-likeness (QED) is 0.836. The van der Waals surface area contributed by atoms with Crippen LogP contribution in [0.3, 0.4) is 0 Å². The molecule has 1 aromatic heterocycles. The number of nitrogens with one attached hydrogen (secondary N) is 1.